The molecule has 3 rings (SSSR count). The number of aromatic nitrogens is 1. The lowest BCUT2D eigenvalue weighted by atomic mass is 9.98. The Bertz CT molecular complexity index is 767. The van der Waals surface area contributed by atoms with Crippen LogP contribution < -0.4 is 0 Å². The van der Waals surface area contributed by atoms with Crippen LogP contribution in [0.4, 0.5) is 5.69 Å². The van der Waals surface area contributed by atoms with Crippen LogP contribution in [0.5, 0.6) is 0 Å². The van der Waals surface area contributed by atoms with Crippen LogP contribution >= 0.6 is 23.1 Å². The van der Waals surface area contributed by atoms with Crippen LogP contribution in [0.1, 0.15) is 33.1 Å². The fraction of sp³-hybridized carbons (Fsp3) is 0.500. The SMILES string of the molecule is C[C@@H]1CCC[C@@H](C)N1C(=O)CSc1nc2ccc([N+](=O)[O-])cc2s1. The van der Waals surface area contributed by atoms with Gasteiger partial charge in [0.2, 0.25) is 5.91 Å². The topological polar surface area (TPSA) is 76.3 Å². The molecular formula is C16H19N3O3S2. The molecular weight excluding hydrogens is 346 g/mol. The van der Waals surface area contributed by atoms with Crippen molar-refractivity contribution in [3.05, 3.63) is 28.3 Å². The second kappa shape index (κ2) is 7.06. The van der Waals surface area contributed by atoms with Crippen LogP contribution in [0, 0.1) is 10.1 Å². The molecule has 2 atom stereocenters. The van der Waals surface area contributed by atoms with Crippen molar-refractivity contribution in [2.24, 2.45) is 0 Å². The minimum atomic E-state index is -0.408. The number of piperidine rings is 1. The number of hydrogen-bond acceptors (Lipinski definition) is 6. The minimum Gasteiger partial charge on any atom is -0.337 e. The number of nitro benzene ring substituents is 1. The fourth-order valence-corrected chi connectivity index (χ4v) is 5.15. The summed E-state index contributed by atoms with van der Waals surface area (Å²) in [6.45, 7) is 4.21. The lowest BCUT2D eigenvalue weighted by Crippen LogP contribution is -2.48. The third-order valence-corrected chi connectivity index (χ3v) is 6.51. The van der Waals surface area contributed by atoms with Gasteiger partial charge in [-0.05, 0) is 39.2 Å². The van der Waals surface area contributed by atoms with Gasteiger partial charge in [-0.25, -0.2) is 4.98 Å². The molecule has 6 nitrogen and oxygen atoms in total. The Morgan fingerprint density at radius 1 is 1.42 bits per heavy atom. The molecule has 1 amide bonds. The molecule has 24 heavy (non-hydrogen) atoms. The number of benzene rings is 1. The van der Waals surface area contributed by atoms with Gasteiger partial charge in [-0.2, -0.15) is 0 Å². The second-order valence-corrected chi connectivity index (χ2v) is 8.36. The van der Waals surface area contributed by atoms with Gasteiger partial charge in [0.1, 0.15) is 0 Å². The number of fused-ring (bicyclic) bond motifs is 1. The third kappa shape index (κ3) is 3.54. The van der Waals surface area contributed by atoms with Crippen LogP contribution in [0.15, 0.2) is 22.5 Å². The molecule has 128 valence electrons. The molecule has 1 saturated heterocycles. The van der Waals surface area contributed by atoms with Gasteiger partial charge in [0, 0.05) is 24.2 Å². The first kappa shape index (κ1) is 17.2. The van der Waals surface area contributed by atoms with Crippen molar-refractivity contribution in [1.29, 1.82) is 0 Å². The van der Waals surface area contributed by atoms with Crippen molar-refractivity contribution in [3.8, 4) is 0 Å². The average Bonchev–Trinajstić information content (AvgIpc) is 2.94. The molecule has 2 heterocycles. The summed E-state index contributed by atoms with van der Waals surface area (Å²) in [5.74, 6) is 0.501. The number of thiazole rings is 1. The molecule has 0 saturated carbocycles. The number of nitrogens with zero attached hydrogens (tertiary/aromatic N) is 3. The van der Waals surface area contributed by atoms with E-state index in [0.717, 1.165) is 27.4 Å². The molecule has 1 aromatic carbocycles. The summed E-state index contributed by atoms with van der Waals surface area (Å²) in [6, 6.07) is 5.23. The van der Waals surface area contributed by atoms with E-state index in [2.05, 4.69) is 18.8 Å². The molecule has 0 unspecified atom stereocenters. The normalized spacial score (nSPS) is 21.2. The van der Waals surface area contributed by atoms with Crippen LogP contribution in [0.2, 0.25) is 0 Å². The van der Waals surface area contributed by atoms with E-state index in [0.29, 0.717) is 17.8 Å². The third-order valence-electron chi connectivity index (χ3n) is 4.36. The summed E-state index contributed by atoms with van der Waals surface area (Å²) in [4.78, 5) is 29.4. The predicted octanol–water partition coefficient (Wildman–Crippen LogP) is 4.09. The van der Waals surface area contributed by atoms with Gasteiger partial charge in [-0.3, -0.25) is 14.9 Å². The van der Waals surface area contributed by atoms with Gasteiger partial charge in [-0.15, -0.1) is 11.3 Å². The molecule has 0 radical (unpaired) electrons. The Hall–Kier alpha value is -1.67. The zero-order chi connectivity index (χ0) is 17.3. The van der Waals surface area contributed by atoms with Crippen molar-refractivity contribution in [2.45, 2.75) is 49.5 Å². The van der Waals surface area contributed by atoms with Gasteiger partial charge in [0.25, 0.3) is 5.69 Å². The number of nitro groups is 1. The van der Waals surface area contributed by atoms with Crippen LogP contribution in [-0.2, 0) is 4.79 Å². The summed E-state index contributed by atoms with van der Waals surface area (Å²) in [5, 5.41) is 10.8. The molecule has 1 fully saturated rings. The number of rotatable bonds is 4. The number of hydrogen-bond donors (Lipinski definition) is 0. The van der Waals surface area contributed by atoms with Gasteiger partial charge in [-0.1, -0.05) is 11.8 Å². The molecule has 1 aliphatic heterocycles. The van der Waals surface area contributed by atoms with E-state index >= 15 is 0 Å². The van der Waals surface area contributed by atoms with Gasteiger partial charge >= 0.3 is 0 Å². The van der Waals surface area contributed by atoms with E-state index in [1.807, 2.05) is 4.90 Å². The minimum absolute atomic E-state index is 0.0646. The Labute approximate surface area is 148 Å². The number of likely N-dealkylation sites (tertiary alicyclic amines) is 1. The second-order valence-electron chi connectivity index (χ2n) is 6.11. The predicted molar refractivity (Wildman–Crippen MR) is 96.6 cm³/mol. The van der Waals surface area contributed by atoms with Gasteiger partial charge in [0.15, 0.2) is 4.34 Å². The zero-order valence-corrected chi connectivity index (χ0v) is 15.2. The Kier molecular flexibility index (Phi) is 5.05. The maximum absolute atomic E-state index is 12.5. The van der Waals surface area contributed by atoms with Gasteiger partial charge in [0.05, 0.1) is 20.9 Å². The summed E-state index contributed by atoms with van der Waals surface area (Å²) in [6.07, 6.45) is 3.30. The van der Waals surface area contributed by atoms with Crippen molar-refractivity contribution >= 4 is 44.9 Å². The van der Waals surface area contributed by atoms with Crippen molar-refractivity contribution < 1.29 is 9.72 Å². The first-order valence-corrected chi connectivity index (χ1v) is 9.75. The Morgan fingerprint density at radius 2 is 2.12 bits per heavy atom. The summed E-state index contributed by atoms with van der Waals surface area (Å²) >= 11 is 2.81. The number of non-ortho nitro benzene ring substituents is 1. The maximum Gasteiger partial charge on any atom is 0.270 e. The molecule has 1 aromatic heterocycles. The van der Waals surface area contributed by atoms with E-state index in [4.69, 9.17) is 0 Å². The number of amides is 1. The summed E-state index contributed by atoms with van der Waals surface area (Å²) < 4.78 is 1.55. The van der Waals surface area contributed by atoms with Gasteiger partial charge < -0.3 is 4.90 Å². The Morgan fingerprint density at radius 3 is 2.79 bits per heavy atom. The number of carbonyl (C=O) groups is 1. The average molecular weight is 365 g/mol. The molecule has 0 spiro atoms. The largest absolute Gasteiger partial charge is 0.337 e. The number of carbonyl (C=O) groups excluding carboxylic acids is 1. The molecule has 1 aliphatic rings. The Balaban J connectivity index is 1.69. The first-order chi connectivity index (χ1) is 11.5. The van der Waals surface area contributed by atoms with E-state index in [-0.39, 0.29) is 11.6 Å². The monoisotopic (exact) mass is 365 g/mol. The highest BCUT2D eigenvalue weighted by Gasteiger charge is 2.28. The van der Waals surface area contributed by atoms with Crippen LogP contribution in [-0.4, -0.2) is 38.6 Å². The highest BCUT2D eigenvalue weighted by molar-refractivity contribution is 8.01. The maximum atomic E-state index is 12.5. The van der Waals surface area contributed by atoms with E-state index < -0.39 is 4.92 Å². The van der Waals surface area contributed by atoms with Crippen LogP contribution in [0.25, 0.3) is 10.2 Å². The molecule has 8 heteroatoms. The smallest absolute Gasteiger partial charge is 0.270 e. The first-order valence-electron chi connectivity index (χ1n) is 7.94. The zero-order valence-electron chi connectivity index (χ0n) is 13.6. The quantitative estimate of drug-likeness (QED) is 0.463. The lowest BCUT2D eigenvalue weighted by Gasteiger charge is -2.39. The number of thioether (sulfide) groups is 1. The summed E-state index contributed by atoms with van der Waals surface area (Å²) in [5.41, 5.74) is 0.801. The van der Waals surface area contributed by atoms with E-state index in [1.54, 1.807) is 6.07 Å². The van der Waals surface area contributed by atoms with Crippen molar-refractivity contribution in [1.82, 2.24) is 9.88 Å². The summed E-state index contributed by atoms with van der Waals surface area (Å²) in [7, 11) is 0. The lowest BCUT2D eigenvalue weighted by molar-refractivity contribution is -0.384. The van der Waals surface area contributed by atoms with E-state index in [1.165, 1.54) is 41.7 Å². The molecule has 0 bridgehead atoms. The van der Waals surface area contributed by atoms with Crippen LogP contribution in [0.3, 0.4) is 0 Å². The molecule has 0 aliphatic carbocycles. The highest BCUT2D eigenvalue weighted by atomic mass is 32.2. The molecule has 0 N–H and O–H groups in total. The van der Waals surface area contributed by atoms with E-state index in [9.17, 15) is 14.9 Å². The molecule has 2 aromatic rings. The van der Waals surface area contributed by atoms with Crippen molar-refractivity contribution in [3.63, 3.8) is 0 Å². The van der Waals surface area contributed by atoms with Crippen molar-refractivity contribution in [2.75, 3.05) is 5.75 Å². The fourth-order valence-electron chi connectivity index (χ4n) is 3.18. The standard InChI is InChI=1S/C16H19N3O3S2/c1-10-4-3-5-11(2)18(10)15(20)9-23-16-17-13-7-6-12(19(21)22)8-14(13)24-16/h6-8,10-11H,3-5,9H2,1-2H3/t10-,11-/m1/s1. The highest BCUT2D eigenvalue weighted by Crippen LogP contribution is 2.32.